The molecule has 56 heavy (non-hydrogen) atoms. The predicted molar refractivity (Wildman–Crippen MR) is 193 cm³/mol. The summed E-state index contributed by atoms with van der Waals surface area (Å²) in [5, 5.41) is 10.9. The second kappa shape index (κ2) is 17.9. The monoisotopic (exact) mass is 792 g/mol. The van der Waals surface area contributed by atoms with Gasteiger partial charge < -0.3 is 43.0 Å². The maximum atomic E-state index is 14.5. The minimum Gasteiger partial charge on any atom is -0.463 e. The second-order valence-electron chi connectivity index (χ2n) is 16.2. The van der Waals surface area contributed by atoms with E-state index in [1.165, 1.54) is 13.8 Å². The molecule has 1 N–H and O–H groups in total. The van der Waals surface area contributed by atoms with Gasteiger partial charge in [-0.05, 0) is 57.4 Å². The lowest BCUT2D eigenvalue weighted by atomic mass is 9.46. The first-order valence-corrected chi connectivity index (χ1v) is 19.0. The van der Waals surface area contributed by atoms with E-state index in [4.69, 9.17) is 37.9 Å². The normalized spacial score (nSPS) is 38.2. The molecule has 4 aliphatic rings. The average molecular weight is 793 g/mol. The van der Waals surface area contributed by atoms with Crippen molar-refractivity contribution in [3.63, 3.8) is 0 Å². The van der Waals surface area contributed by atoms with E-state index in [9.17, 15) is 38.7 Å². The first-order chi connectivity index (χ1) is 26.1. The maximum Gasteiger partial charge on any atom is 0.336 e. The van der Waals surface area contributed by atoms with Crippen LogP contribution >= 0.6 is 0 Å². The summed E-state index contributed by atoms with van der Waals surface area (Å²) in [6.45, 7) is 13.0. The standard InChI is InChI=1S/C40H56O16/c1-21-14-16-49-31(45)18-38(7,48)19-32(46)50-20-28-33(52-24(4)42)34(53-25(5)43)35(54-26(6)44)37(55-28)56-36(47)27-11-10-12-29-39(27,8)15-13-22(2)40(29,9)30(17-21)51-23(3)41/h11,14,22,28-30,33-35,37,48H,10,12-13,15-20H2,1-9H3/b21-14-/t22-,28+,29+,30-,33+,34-,35+,37-,38-,39+,40+/m1/s1. The summed E-state index contributed by atoms with van der Waals surface area (Å²) in [6.07, 6.45) is -3.66. The van der Waals surface area contributed by atoms with Crippen molar-refractivity contribution in [1.29, 1.82) is 0 Å². The Morgan fingerprint density at radius 2 is 1.36 bits per heavy atom. The third-order valence-corrected chi connectivity index (χ3v) is 11.7. The van der Waals surface area contributed by atoms with E-state index in [-0.39, 0.29) is 18.4 Å². The van der Waals surface area contributed by atoms with Crippen molar-refractivity contribution in [2.75, 3.05) is 13.2 Å². The predicted octanol–water partition coefficient (Wildman–Crippen LogP) is 3.73. The van der Waals surface area contributed by atoms with Crippen molar-refractivity contribution in [2.45, 2.75) is 150 Å². The molecule has 4 rings (SSSR count). The summed E-state index contributed by atoms with van der Waals surface area (Å²) >= 11 is 0. The van der Waals surface area contributed by atoms with Gasteiger partial charge in [-0.15, -0.1) is 0 Å². The topological polar surface area (TPSA) is 214 Å². The number of rotatable bonds is 4. The van der Waals surface area contributed by atoms with E-state index in [0.29, 0.717) is 37.7 Å². The number of allylic oxidation sites excluding steroid dienone is 1. The van der Waals surface area contributed by atoms with Gasteiger partial charge in [0.15, 0.2) is 12.2 Å². The highest BCUT2D eigenvalue weighted by Gasteiger charge is 2.60. The molecule has 0 amide bonds. The van der Waals surface area contributed by atoms with Gasteiger partial charge in [0.1, 0.15) is 25.4 Å². The van der Waals surface area contributed by atoms with Gasteiger partial charge in [-0.1, -0.05) is 32.4 Å². The highest BCUT2D eigenvalue weighted by atomic mass is 16.7. The third-order valence-electron chi connectivity index (χ3n) is 11.7. The fourth-order valence-electron chi connectivity index (χ4n) is 8.93. The van der Waals surface area contributed by atoms with Crippen molar-refractivity contribution in [2.24, 2.45) is 22.7 Å². The minimum absolute atomic E-state index is 0.0416. The average Bonchev–Trinajstić information content (AvgIpc) is 3.06. The van der Waals surface area contributed by atoms with E-state index in [2.05, 4.69) is 13.8 Å². The van der Waals surface area contributed by atoms with Crippen molar-refractivity contribution in [3.8, 4) is 0 Å². The van der Waals surface area contributed by atoms with E-state index in [1.54, 1.807) is 12.2 Å². The Hall–Kier alpha value is -4.31. The van der Waals surface area contributed by atoms with Crippen LogP contribution in [0.25, 0.3) is 0 Å². The van der Waals surface area contributed by atoms with Crippen molar-refractivity contribution < 1.29 is 76.6 Å². The van der Waals surface area contributed by atoms with Crippen LogP contribution in [0.5, 0.6) is 0 Å². The summed E-state index contributed by atoms with van der Waals surface area (Å²) in [6, 6.07) is 0. The zero-order chi connectivity index (χ0) is 41.7. The van der Waals surface area contributed by atoms with Crippen LogP contribution < -0.4 is 0 Å². The van der Waals surface area contributed by atoms with Gasteiger partial charge in [-0.3, -0.25) is 28.8 Å². The highest BCUT2D eigenvalue weighted by Crippen LogP contribution is 2.63. The van der Waals surface area contributed by atoms with E-state index >= 15 is 0 Å². The van der Waals surface area contributed by atoms with Crippen molar-refractivity contribution in [1.82, 2.24) is 0 Å². The number of esters is 7. The first kappa shape index (κ1) is 44.4. The molecule has 0 spiro atoms. The van der Waals surface area contributed by atoms with Gasteiger partial charge in [0.05, 0.1) is 18.4 Å². The first-order valence-electron chi connectivity index (χ1n) is 19.0. The van der Waals surface area contributed by atoms with Crippen LogP contribution in [0.4, 0.5) is 0 Å². The number of fused-ring (bicyclic) bond motifs is 2. The van der Waals surface area contributed by atoms with Crippen LogP contribution in [0.3, 0.4) is 0 Å². The molecule has 0 unspecified atom stereocenters. The Morgan fingerprint density at radius 3 is 1.96 bits per heavy atom. The van der Waals surface area contributed by atoms with Crippen molar-refractivity contribution in [3.05, 3.63) is 23.3 Å². The fraction of sp³-hybridized carbons (Fsp3) is 0.725. The number of hydrogen-bond donors (Lipinski definition) is 1. The molecule has 2 aliphatic heterocycles. The fourth-order valence-corrected chi connectivity index (χ4v) is 8.93. The number of ether oxygens (including phenoxy) is 8. The minimum atomic E-state index is -1.91. The summed E-state index contributed by atoms with van der Waals surface area (Å²) in [5.41, 5.74) is -2.25. The molecule has 11 atom stereocenters. The molecule has 1 saturated heterocycles. The van der Waals surface area contributed by atoms with Crippen LogP contribution in [0.2, 0.25) is 0 Å². The van der Waals surface area contributed by atoms with Gasteiger partial charge in [-0.2, -0.15) is 0 Å². The van der Waals surface area contributed by atoms with Crippen LogP contribution in [-0.2, 0) is 71.5 Å². The van der Waals surface area contributed by atoms with Gasteiger partial charge in [0.25, 0.3) is 0 Å². The smallest absolute Gasteiger partial charge is 0.336 e. The number of carbonyl (C=O) groups excluding carboxylic acids is 7. The molecule has 2 aliphatic carbocycles. The Balaban J connectivity index is 1.84. The molecule has 2 heterocycles. The molecule has 312 valence electrons. The number of hydrogen-bond acceptors (Lipinski definition) is 16. The van der Waals surface area contributed by atoms with E-state index in [0.717, 1.165) is 26.3 Å². The molecule has 0 aromatic carbocycles. The molecule has 16 nitrogen and oxygen atoms in total. The van der Waals surface area contributed by atoms with E-state index < -0.39 is 114 Å². The van der Waals surface area contributed by atoms with Gasteiger partial charge >= 0.3 is 41.8 Å². The molecule has 0 aromatic rings. The molecular formula is C40H56O16. The maximum absolute atomic E-state index is 14.5. The molecular weight excluding hydrogens is 736 g/mol. The van der Waals surface area contributed by atoms with Gasteiger partial charge in [-0.25, -0.2) is 4.79 Å². The zero-order valence-corrected chi connectivity index (χ0v) is 33.7. The third kappa shape index (κ3) is 10.3. The largest absolute Gasteiger partial charge is 0.463 e. The quantitative estimate of drug-likeness (QED) is 0.244. The molecule has 1 saturated carbocycles. The summed E-state index contributed by atoms with van der Waals surface area (Å²) in [7, 11) is 0. The second-order valence-corrected chi connectivity index (χ2v) is 16.2. The van der Waals surface area contributed by atoms with Crippen LogP contribution in [0.1, 0.15) is 107 Å². The summed E-state index contributed by atoms with van der Waals surface area (Å²) < 4.78 is 45.6. The van der Waals surface area contributed by atoms with Crippen molar-refractivity contribution >= 4 is 41.8 Å². The Bertz CT molecular complexity index is 1610. The molecule has 6 bridgehead atoms. The number of aliphatic hydroxyl groups is 1. The van der Waals surface area contributed by atoms with Gasteiger partial charge in [0, 0.05) is 50.5 Å². The lowest BCUT2D eigenvalue weighted by molar-refractivity contribution is -0.300. The molecule has 0 radical (unpaired) electrons. The van der Waals surface area contributed by atoms with Crippen LogP contribution in [0.15, 0.2) is 23.3 Å². The Kier molecular flexibility index (Phi) is 14.2. The van der Waals surface area contributed by atoms with E-state index in [1.807, 2.05) is 13.8 Å². The summed E-state index contributed by atoms with van der Waals surface area (Å²) in [4.78, 5) is 90.1. The SMILES string of the molecule is CC(=O)O[C@H]1[C@H](OC(C)=O)[C@H]2OC(=O)C3=CCC[C@@H]4[C@](C)([C@H](C)CC[C@@]34C)[C@H](OC(C)=O)C/C(C)=C\COC(=O)C[C@@](C)(O)CC(=O)OC[C@H](O2)[C@@H]1OC(C)=O. The van der Waals surface area contributed by atoms with Crippen LogP contribution in [0, 0.1) is 22.7 Å². The lowest BCUT2D eigenvalue weighted by Gasteiger charge is -2.59. The lowest BCUT2D eigenvalue weighted by Crippen LogP contribution is -2.63. The molecule has 2 fully saturated rings. The van der Waals surface area contributed by atoms with Crippen LogP contribution in [-0.4, -0.2) is 103 Å². The number of cyclic esters (lactones) is 2. The highest BCUT2D eigenvalue weighted by molar-refractivity contribution is 5.90. The molecule has 0 aromatic heterocycles. The zero-order valence-electron chi connectivity index (χ0n) is 33.7. The Morgan fingerprint density at radius 1 is 0.786 bits per heavy atom. The molecule has 16 heteroatoms. The summed E-state index contributed by atoms with van der Waals surface area (Å²) in [5.74, 6) is -5.79. The number of carbonyl (C=O) groups is 7. The van der Waals surface area contributed by atoms with Gasteiger partial charge in [0.2, 0.25) is 12.4 Å². The Labute approximate surface area is 326 Å².